The Morgan fingerprint density at radius 1 is 1.08 bits per heavy atom. The smallest absolute Gasteiger partial charge is 0.243 e. The Morgan fingerprint density at radius 3 is 2.73 bits per heavy atom. The summed E-state index contributed by atoms with van der Waals surface area (Å²) in [4.78, 5) is 0.253. The number of benzene rings is 1. The Hall–Kier alpha value is -1.64. The molecule has 2 aromatic rings. The Balaban J connectivity index is 1.54. The third-order valence-corrected chi connectivity index (χ3v) is 7.70. The van der Waals surface area contributed by atoms with Crippen LogP contribution in [0.25, 0.3) is 0 Å². The highest BCUT2D eigenvalue weighted by molar-refractivity contribution is 7.99. The third-order valence-electron chi connectivity index (χ3n) is 4.52. The van der Waals surface area contributed by atoms with Crippen LogP contribution in [0, 0.1) is 0 Å². The Bertz CT molecular complexity index is 850. The lowest BCUT2D eigenvalue weighted by Crippen LogP contribution is -2.33. The summed E-state index contributed by atoms with van der Waals surface area (Å²) in [5, 5.41) is 0.189. The van der Waals surface area contributed by atoms with Gasteiger partial charge in [-0.3, -0.25) is 0 Å². The molecule has 0 radical (unpaired) electrons. The average molecular weight is 396 g/mol. The first kappa shape index (κ1) is 17.8. The highest BCUT2D eigenvalue weighted by atomic mass is 32.2. The van der Waals surface area contributed by atoms with Crippen molar-refractivity contribution in [2.75, 3.05) is 32.1 Å². The van der Waals surface area contributed by atoms with Crippen LogP contribution in [0.1, 0.15) is 23.9 Å². The van der Waals surface area contributed by atoms with Crippen LogP contribution in [-0.4, -0.2) is 44.8 Å². The third kappa shape index (κ3) is 3.58. The Kier molecular flexibility index (Phi) is 5.15. The SMILES string of the molecule is O=S(=O)(c1ccc2c(c1)OCCCO2)N1CCSC(c2ccco2)CC1. The van der Waals surface area contributed by atoms with Crippen LogP contribution in [0.2, 0.25) is 0 Å². The van der Waals surface area contributed by atoms with E-state index >= 15 is 0 Å². The highest BCUT2D eigenvalue weighted by Crippen LogP contribution is 2.37. The predicted molar refractivity (Wildman–Crippen MR) is 99.3 cm³/mol. The van der Waals surface area contributed by atoms with Crippen molar-refractivity contribution in [1.29, 1.82) is 0 Å². The zero-order valence-electron chi connectivity index (χ0n) is 14.3. The molecule has 6 nitrogen and oxygen atoms in total. The first-order valence-corrected chi connectivity index (χ1v) is 11.2. The second-order valence-corrected chi connectivity index (χ2v) is 9.48. The van der Waals surface area contributed by atoms with E-state index in [1.54, 1.807) is 40.5 Å². The maximum Gasteiger partial charge on any atom is 0.243 e. The largest absolute Gasteiger partial charge is 0.490 e. The molecule has 1 aromatic heterocycles. The summed E-state index contributed by atoms with van der Waals surface area (Å²) in [5.41, 5.74) is 0. The lowest BCUT2D eigenvalue weighted by Gasteiger charge is -2.20. The molecule has 0 aliphatic carbocycles. The van der Waals surface area contributed by atoms with E-state index in [1.807, 2.05) is 12.1 Å². The van der Waals surface area contributed by atoms with Crippen LogP contribution in [0.4, 0.5) is 0 Å². The number of hydrogen-bond acceptors (Lipinski definition) is 6. The van der Waals surface area contributed by atoms with Crippen LogP contribution >= 0.6 is 11.8 Å². The molecule has 1 unspecified atom stereocenters. The molecule has 0 saturated carbocycles. The summed E-state index contributed by atoms with van der Waals surface area (Å²) in [6.45, 7) is 2.06. The van der Waals surface area contributed by atoms with Crippen molar-refractivity contribution in [2.45, 2.75) is 23.0 Å². The second-order valence-electron chi connectivity index (χ2n) is 6.23. The lowest BCUT2D eigenvalue weighted by molar-refractivity contribution is 0.296. The quantitative estimate of drug-likeness (QED) is 0.794. The summed E-state index contributed by atoms with van der Waals surface area (Å²) < 4.78 is 44.5. The van der Waals surface area contributed by atoms with Crippen LogP contribution in [0.5, 0.6) is 11.5 Å². The molecule has 2 aliphatic heterocycles. The lowest BCUT2D eigenvalue weighted by atomic mass is 10.2. The molecule has 8 heteroatoms. The van der Waals surface area contributed by atoms with Gasteiger partial charge in [-0.05, 0) is 30.7 Å². The van der Waals surface area contributed by atoms with E-state index in [-0.39, 0.29) is 10.1 Å². The minimum absolute atomic E-state index is 0.189. The van der Waals surface area contributed by atoms with Gasteiger partial charge in [0.1, 0.15) is 5.76 Å². The summed E-state index contributed by atoms with van der Waals surface area (Å²) in [5.74, 6) is 2.74. The van der Waals surface area contributed by atoms with E-state index < -0.39 is 10.0 Å². The van der Waals surface area contributed by atoms with E-state index in [4.69, 9.17) is 13.9 Å². The molecular formula is C18H21NO5S2. The van der Waals surface area contributed by atoms with Crippen molar-refractivity contribution in [3.8, 4) is 11.5 Å². The fourth-order valence-corrected chi connectivity index (χ4v) is 5.91. The van der Waals surface area contributed by atoms with Gasteiger partial charge in [0.05, 0.1) is 29.6 Å². The van der Waals surface area contributed by atoms with Gasteiger partial charge in [0, 0.05) is 31.3 Å². The topological polar surface area (TPSA) is 69.0 Å². The van der Waals surface area contributed by atoms with Gasteiger partial charge in [0.25, 0.3) is 0 Å². The van der Waals surface area contributed by atoms with Gasteiger partial charge in [-0.15, -0.1) is 11.8 Å². The Morgan fingerprint density at radius 2 is 1.92 bits per heavy atom. The number of thioether (sulfide) groups is 1. The van der Waals surface area contributed by atoms with Gasteiger partial charge in [-0.2, -0.15) is 4.31 Å². The molecule has 1 fully saturated rings. The molecule has 3 heterocycles. The first-order chi connectivity index (χ1) is 12.6. The number of furan rings is 1. The van der Waals surface area contributed by atoms with E-state index in [9.17, 15) is 8.42 Å². The maximum atomic E-state index is 13.1. The molecule has 1 saturated heterocycles. The van der Waals surface area contributed by atoms with Gasteiger partial charge < -0.3 is 13.9 Å². The molecular weight excluding hydrogens is 374 g/mol. The fraction of sp³-hybridized carbons (Fsp3) is 0.444. The van der Waals surface area contributed by atoms with Crippen molar-refractivity contribution in [2.24, 2.45) is 0 Å². The monoisotopic (exact) mass is 395 g/mol. The zero-order chi connectivity index (χ0) is 18.0. The summed E-state index contributed by atoms with van der Waals surface area (Å²) in [6.07, 6.45) is 3.17. The van der Waals surface area contributed by atoms with E-state index in [2.05, 4.69) is 0 Å². The van der Waals surface area contributed by atoms with Crippen molar-refractivity contribution < 1.29 is 22.3 Å². The van der Waals surface area contributed by atoms with Crippen molar-refractivity contribution in [3.05, 3.63) is 42.4 Å². The average Bonchev–Trinajstić information content (AvgIpc) is 2.92. The molecule has 26 heavy (non-hydrogen) atoms. The summed E-state index contributed by atoms with van der Waals surface area (Å²) in [6, 6.07) is 8.69. The number of nitrogens with zero attached hydrogens (tertiary/aromatic N) is 1. The maximum absolute atomic E-state index is 13.1. The standard InChI is InChI=1S/C18H21NO5S2/c20-26(21,14-4-5-15-17(13-14)24-11-2-10-22-15)19-7-6-18(25-12-8-19)16-3-1-9-23-16/h1,3-5,9,13,18H,2,6-8,10-12H2. The minimum Gasteiger partial charge on any atom is -0.490 e. The molecule has 1 atom stereocenters. The summed E-state index contributed by atoms with van der Waals surface area (Å²) in [7, 11) is -3.57. The number of rotatable bonds is 3. The molecule has 0 N–H and O–H groups in total. The number of sulfonamides is 1. The van der Waals surface area contributed by atoms with Gasteiger partial charge in [0.15, 0.2) is 11.5 Å². The van der Waals surface area contributed by atoms with E-state index in [0.29, 0.717) is 37.8 Å². The predicted octanol–water partition coefficient (Wildman–Crippen LogP) is 3.31. The van der Waals surface area contributed by atoms with Crippen molar-refractivity contribution in [3.63, 3.8) is 0 Å². The van der Waals surface area contributed by atoms with Gasteiger partial charge in [-0.1, -0.05) is 0 Å². The van der Waals surface area contributed by atoms with E-state index in [1.165, 1.54) is 0 Å². The van der Waals surface area contributed by atoms with Crippen molar-refractivity contribution >= 4 is 21.8 Å². The normalized spacial score (nSPS) is 21.8. The molecule has 2 aliphatic rings. The summed E-state index contributed by atoms with van der Waals surface area (Å²) >= 11 is 1.74. The zero-order valence-corrected chi connectivity index (χ0v) is 15.9. The molecule has 140 valence electrons. The first-order valence-electron chi connectivity index (χ1n) is 8.69. The van der Waals surface area contributed by atoms with E-state index in [0.717, 1.165) is 24.4 Å². The Labute approximate surface area is 157 Å². The molecule has 0 bridgehead atoms. The van der Waals surface area contributed by atoms with Crippen LogP contribution in [0.15, 0.2) is 45.9 Å². The van der Waals surface area contributed by atoms with Crippen molar-refractivity contribution in [1.82, 2.24) is 4.31 Å². The van der Waals surface area contributed by atoms with Gasteiger partial charge >= 0.3 is 0 Å². The number of hydrogen-bond donors (Lipinski definition) is 0. The highest BCUT2D eigenvalue weighted by Gasteiger charge is 2.30. The molecule has 0 spiro atoms. The number of fused-ring (bicyclic) bond motifs is 1. The van der Waals surface area contributed by atoms with Crippen LogP contribution in [0.3, 0.4) is 0 Å². The molecule has 0 amide bonds. The van der Waals surface area contributed by atoms with Gasteiger partial charge in [-0.25, -0.2) is 8.42 Å². The second kappa shape index (κ2) is 7.54. The minimum atomic E-state index is -3.57. The van der Waals surface area contributed by atoms with Crippen LogP contribution < -0.4 is 9.47 Å². The number of ether oxygens (including phenoxy) is 2. The molecule has 4 rings (SSSR count). The van der Waals surface area contributed by atoms with Crippen LogP contribution in [-0.2, 0) is 10.0 Å². The molecule has 1 aromatic carbocycles. The fourth-order valence-electron chi connectivity index (χ4n) is 3.15. The van der Waals surface area contributed by atoms with Gasteiger partial charge in [0.2, 0.25) is 10.0 Å².